The first-order chi connectivity index (χ1) is 29.5. The van der Waals surface area contributed by atoms with Crippen molar-refractivity contribution < 1.29 is 24.5 Å². The summed E-state index contributed by atoms with van der Waals surface area (Å²) < 4.78 is 5.46. The summed E-state index contributed by atoms with van der Waals surface area (Å²) >= 11 is 0. The number of carbonyl (C=O) groups excluding carboxylic acids is 2. The molecule has 0 aromatic rings. The van der Waals surface area contributed by atoms with Crippen molar-refractivity contribution in [1.29, 1.82) is 0 Å². The van der Waals surface area contributed by atoms with Gasteiger partial charge in [0.25, 0.3) is 0 Å². The van der Waals surface area contributed by atoms with Crippen molar-refractivity contribution in [1.82, 2.24) is 5.32 Å². The zero-order chi connectivity index (χ0) is 43.7. The lowest BCUT2D eigenvalue weighted by Gasteiger charge is -2.22. The van der Waals surface area contributed by atoms with Gasteiger partial charge in [0, 0.05) is 12.8 Å². The third kappa shape index (κ3) is 46.1. The molecule has 2 unspecified atom stereocenters. The largest absolute Gasteiger partial charge is 0.466 e. The molecule has 0 aliphatic rings. The maximum absolute atomic E-state index is 12.5. The Hall–Kier alpha value is -1.40. The quantitative estimate of drug-likeness (QED) is 0.0322. The van der Waals surface area contributed by atoms with Crippen LogP contribution in [0.1, 0.15) is 296 Å². The van der Waals surface area contributed by atoms with Crippen LogP contribution in [0.15, 0.2) is 12.2 Å². The topological polar surface area (TPSA) is 95.9 Å². The molecule has 0 rings (SSSR count). The molecule has 0 aromatic heterocycles. The molecule has 0 spiro atoms. The number of hydrogen-bond acceptors (Lipinski definition) is 5. The van der Waals surface area contributed by atoms with Crippen LogP contribution >= 0.6 is 0 Å². The van der Waals surface area contributed by atoms with E-state index in [1.807, 2.05) is 0 Å². The van der Waals surface area contributed by atoms with Gasteiger partial charge in [-0.15, -0.1) is 0 Å². The third-order valence-corrected chi connectivity index (χ3v) is 12.6. The van der Waals surface area contributed by atoms with E-state index >= 15 is 0 Å². The van der Waals surface area contributed by atoms with Crippen LogP contribution in [-0.4, -0.2) is 47.4 Å². The molecule has 0 radical (unpaired) electrons. The van der Waals surface area contributed by atoms with Gasteiger partial charge in [0.1, 0.15) is 0 Å². The van der Waals surface area contributed by atoms with Crippen molar-refractivity contribution in [3.63, 3.8) is 0 Å². The van der Waals surface area contributed by atoms with E-state index in [0.29, 0.717) is 25.9 Å². The fraction of sp³-hybridized carbons (Fsp3) is 0.926. The van der Waals surface area contributed by atoms with Crippen molar-refractivity contribution in [2.24, 2.45) is 0 Å². The number of aliphatic hydroxyl groups is 2. The summed E-state index contributed by atoms with van der Waals surface area (Å²) in [6.07, 6.45) is 57.5. The monoisotopic (exact) mass is 848 g/mol. The lowest BCUT2D eigenvalue weighted by molar-refractivity contribution is -0.143. The van der Waals surface area contributed by atoms with Crippen molar-refractivity contribution in [3.8, 4) is 0 Å². The Labute approximate surface area is 374 Å². The first-order valence-corrected chi connectivity index (χ1v) is 26.9. The molecule has 0 saturated heterocycles. The summed E-state index contributed by atoms with van der Waals surface area (Å²) in [6.45, 7) is 4.92. The SMILES string of the molecule is CCCCCCC/C=C\CCCCCCCC(=O)OCCCCCCCCCCCCCCC(=O)NC(CO)C(O)CCCCCCCCCCCCCCCCCCC. The zero-order valence-corrected chi connectivity index (χ0v) is 40.5. The molecule has 3 N–H and O–H groups in total. The molecule has 0 aromatic carbocycles. The number of nitrogens with one attached hydrogen (secondary N) is 1. The van der Waals surface area contributed by atoms with E-state index < -0.39 is 12.1 Å². The van der Waals surface area contributed by atoms with Crippen LogP contribution in [0, 0.1) is 0 Å². The molecule has 0 saturated carbocycles. The highest BCUT2D eigenvalue weighted by Gasteiger charge is 2.20. The van der Waals surface area contributed by atoms with Crippen LogP contribution in [0.3, 0.4) is 0 Å². The third-order valence-electron chi connectivity index (χ3n) is 12.6. The van der Waals surface area contributed by atoms with Crippen molar-refractivity contribution in [3.05, 3.63) is 12.2 Å². The molecular weight excluding hydrogens is 743 g/mol. The average molecular weight is 848 g/mol. The Morgan fingerprint density at radius 2 is 0.783 bits per heavy atom. The summed E-state index contributed by atoms with van der Waals surface area (Å²) in [4.78, 5) is 24.5. The van der Waals surface area contributed by atoms with E-state index in [2.05, 4.69) is 31.3 Å². The number of aliphatic hydroxyl groups excluding tert-OH is 2. The van der Waals surface area contributed by atoms with E-state index in [4.69, 9.17) is 4.74 Å². The Morgan fingerprint density at radius 1 is 0.450 bits per heavy atom. The predicted octanol–water partition coefficient (Wildman–Crippen LogP) is 16.1. The fourth-order valence-electron chi connectivity index (χ4n) is 8.40. The summed E-state index contributed by atoms with van der Waals surface area (Å²) in [5, 5.41) is 23.3. The van der Waals surface area contributed by atoms with E-state index in [1.165, 1.54) is 205 Å². The Kier molecular flexibility index (Phi) is 49.1. The summed E-state index contributed by atoms with van der Waals surface area (Å²) in [5.74, 6) is -0.0660. The van der Waals surface area contributed by atoms with Gasteiger partial charge in [-0.1, -0.05) is 244 Å². The van der Waals surface area contributed by atoms with Crippen molar-refractivity contribution >= 4 is 11.9 Å². The number of unbranched alkanes of at least 4 members (excludes halogenated alkanes) is 37. The van der Waals surface area contributed by atoms with Crippen LogP contribution in [0.2, 0.25) is 0 Å². The minimum Gasteiger partial charge on any atom is -0.466 e. The summed E-state index contributed by atoms with van der Waals surface area (Å²) in [7, 11) is 0. The first-order valence-electron chi connectivity index (χ1n) is 26.9. The van der Waals surface area contributed by atoms with Gasteiger partial charge < -0.3 is 20.3 Å². The Bertz CT molecular complexity index is 893. The fourth-order valence-corrected chi connectivity index (χ4v) is 8.40. The van der Waals surface area contributed by atoms with Crippen molar-refractivity contribution in [2.75, 3.05) is 13.2 Å². The summed E-state index contributed by atoms with van der Waals surface area (Å²) in [5.41, 5.74) is 0. The first kappa shape index (κ1) is 58.6. The van der Waals surface area contributed by atoms with Gasteiger partial charge in [-0.3, -0.25) is 9.59 Å². The minimum atomic E-state index is -0.674. The van der Waals surface area contributed by atoms with Crippen LogP contribution in [0.4, 0.5) is 0 Å². The van der Waals surface area contributed by atoms with E-state index in [0.717, 1.165) is 57.8 Å². The van der Waals surface area contributed by atoms with Gasteiger partial charge in [-0.2, -0.15) is 0 Å². The van der Waals surface area contributed by atoms with Crippen LogP contribution in [0.25, 0.3) is 0 Å². The van der Waals surface area contributed by atoms with Crippen LogP contribution < -0.4 is 5.32 Å². The summed E-state index contributed by atoms with van der Waals surface area (Å²) in [6, 6.07) is -0.553. The number of allylic oxidation sites excluding steroid dienone is 2. The van der Waals surface area contributed by atoms with Gasteiger partial charge in [-0.25, -0.2) is 0 Å². The highest BCUT2D eigenvalue weighted by atomic mass is 16.5. The standard InChI is InChI=1S/C54H105NO5/c1-3-5-7-9-11-13-15-17-19-20-21-22-26-30-34-38-42-46-52(57)51(50-56)55-53(58)47-43-39-35-31-27-24-25-29-33-37-41-45-49-60-54(59)48-44-40-36-32-28-23-18-16-14-12-10-8-6-4-2/h16,18,51-52,56-57H,3-15,17,19-50H2,1-2H3,(H,55,58)/b18-16-. The van der Waals surface area contributed by atoms with E-state index in [1.54, 1.807) is 0 Å². The zero-order valence-electron chi connectivity index (χ0n) is 40.5. The molecule has 6 nitrogen and oxygen atoms in total. The Morgan fingerprint density at radius 3 is 1.18 bits per heavy atom. The molecule has 0 fully saturated rings. The van der Waals surface area contributed by atoms with E-state index in [-0.39, 0.29) is 18.5 Å². The van der Waals surface area contributed by atoms with Gasteiger partial charge >= 0.3 is 5.97 Å². The molecule has 1 amide bonds. The molecule has 60 heavy (non-hydrogen) atoms. The van der Waals surface area contributed by atoms with Gasteiger partial charge in [0.05, 0.1) is 25.4 Å². The maximum Gasteiger partial charge on any atom is 0.305 e. The van der Waals surface area contributed by atoms with Crippen molar-refractivity contribution in [2.45, 2.75) is 309 Å². The maximum atomic E-state index is 12.5. The average Bonchev–Trinajstić information content (AvgIpc) is 3.25. The predicted molar refractivity (Wildman–Crippen MR) is 260 cm³/mol. The number of rotatable bonds is 50. The molecular formula is C54H105NO5. The highest BCUT2D eigenvalue weighted by Crippen LogP contribution is 2.17. The van der Waals surface area contributed by atoms with Crippen LogP contribution in [0.5, 0.6) is 0 Å². The second-order valence-corrected chi connectivity index (χ2v) is 18.6. The van der Waals surface area contributed by atoms with Gasteiger partial charge in [0.15, 0.2) is 0 Å². The molecule has 356 valence electrons. The normalized spacial score (nSPS) is 12.7. The number of ether oxygens (including phenoxy) is 1. The van der Waals surface area contributed by atoms with Crippen LogP contribution in [-0.2, 0) is 14.3 Å². The molecule has 6 heteroatoms. The second kappa shape index (κ2) is 50.2. The number of amides is 1. The second-order valence-electron chi connectivity index (χ2n) is 18.6. The Balaban J connectivity index is 3.46. The molecule has 0 aliphatic carbocycles. The number of carbonyl (C=O) groups is 2. The lowest BCUT2D eigenvalue weighted by Crippen LogP contribution is -2.45. The molecule has 2 atom stereocenters. The van der Waals surface area contributed by atoms with E-state index in [9.17, 15) is 19.8 Å². The molecule has 0 aliphatic heterocycles. The highest BCUT2D eigenvalue weighted by molar-refractivity contribution is 5.76. The number of hydrogen-bond donors (Lipinski definition) is 3. The smallest absolute Gasteiger partial charge is 0.305 e. The minimum absolute atomic E-state index is 0.0171. The number of esters is 1. The molecule has 0 bridgehead atoms. The molecule has 0 heterocycles. The van der Waals surface area contributed by atoms with Gasteiger partial charge in [0.2, 0.25) is 5.91 Å². The van der Waals surface area contributed by atoms with Gasteiger partial charge in [-0.05, 0) is 51.4 Å². The lowest BCUT2D eigenvalue weighted by atomic mass is 10.0.